The van der Waals surface area contributed by atoms with Gasteiger partial charge in [0, 0.05) is 67.0 Å². The number of nitrogens with two attached hydrogens (primary N) is 1. The molecule has 6 rings (SSSR count). The number of hydrogen-bond donors (Lipinski definition) is 2. The molecule has 3 heterocycles. The number of nitrogens with one attached hydrogen (secondary N) is 1. The average molecular weight is 554 g/mol. The minimum atomic E-state index is -0.647. The van der Waals surface area contributed by atoms with E-state index in [2.05, 4.69) is 37.1 Å². The van der Waals surface area contributed by atoms with Crippen molar-refractivity contribution in [3.8, 4) is 11.1 Å². The maximum absolute atomic E-state index is 14.0. The highest BCUT2D eigenvalue weighted by Gasteiger charge is 2.23. The molecule has 0 unspecified atom stereocenters. The predicted molar refractivity (Wildman–Crippen MR) is 155 cm³/mol. The van der Waals surface area contributed by atoms with Crippen LogP contribution >= 0.6 is 0 Å². The van der Waals surface area contributed by atoms with Crippen molar-refractivity contribution >= 4 is 23.4 Å². The zero-order valence-corrected chi connectivity index (χ0v) is 22.6. The Morgan fingerprint density at radius 3 is 2.29 bits per heavy atom. The van der Waals surface area contributed by atoms with E-state index in [1.807, 2.05) is 36.4 Å². The molecule has 1 amide bonds. The monoisotopic (exact) mass is 553 g/mol. The number of carbonyl (C=O) groups excluding carboxylic acids is 1. The van der Waals surface area contributed by atoms with E-state index in [1.165, 1.54) is 12.1 Å². The van der Waals surface area contributed by atoms with Crippen LogP contribution in [0.25, 0.3) is 11.1 Å². The number of aromatic nitrogens is 2. The largest absolute Gasteiger partial charge is 0.369 e. The van der Waals surface area contributed by atoms with Gasteiger partial charge in [0.2, 0.25) is 5.95 Å². The van der Waals surface area contributed by atoms with Gasteiger partial charge in [-0.2, -0.15) is 0 Å². The molecule has 8 nitrogen and oxygen atoms in total. The van der Waals surface area contributed by atoms with Gasteiger partial charge >= 0.3 is 0 Å². The van der Waals surface area contributed by atoms with Gasteiger partial charge in [0.25, 0.3) is 5.91 Å². The molecule has 0 bridgehead atoms. The molecule has 0 saturated carbocycles. The highest BCUT2D eigenvalue weighted by atomic mass is 19.1. The van der Waals surface area contributed by atoms with Gasteiger partial charge < -0.3 is 20.9 Å². The van der Waals surface area contributed by atoms with Gasteiger partial charge in [-0.05, 0) is 84.3 Å². The van der Waals surface area contributed by atoms with E-state index in [9.17, 15) is 13.6 Å². The van der Waals surface area contributed by atoms with Gasteiger partial charge in [-0.25, -0.2) is 18.7 Å². The standard InChI is InChI=1S/C31H29F2N7O/c1-39-6-8-40(9-7-39)26-4-2-20(3-5-26)30(41)38-29-28-13-21(10-19-11-24(32)15-25(33)12-19)27(14-22(28)16-35-29)23-17-36-31(34)37-18-23/h2-5,11-15,17-18H,6-10,16H2,1H3,(H2,34,36,37)(H,35,38,41). The molecule has 4 aromatic rings. The third-order valence-corrected chi connectivity index (χ3v) is 7.52. The number of nitrogens with zero attached hydrogens (tertiary/aromatic N) is 5. The fourth-order valence-corrected chi connectivity index (χ4v) is 5.29. The first-order valence-electron chi connectivity index (χ1n) is 13.4. The van der Waals surface area contributed by atoms with Crippen LogP contribution in [0.4, 0.5) is 20.4 Å². The summed E-state index contributed by atoms with van der Waals surface area (Å²) in [5.74, 6) is -0.946. The molecule has 3 N–H and O–H groups in total. The molecular weight excluding hydrogens is 524 g/mol. The normalized spacial score (nSPS) is 15.0. The zero-order chi connectivity index (χ0) is 28.5. The molecule has 3 aromatic carbocycles. The lowest BCUT2D eigenvalue weighted by Gasteiger charge is -2.34. The SMILES string of the molecule is CN1CCN(c2ccc(C(=O)NC3=NCc4cc(-c5cnc(N)nc5)c(Cc5cc(F)cc(F)c5)cc43)cc2)CC1. The van der Waals surface area contributed by atoms with Crippen molar-refractivity contribution in [3.05, 3.63) is 106 Å². The fourth-order valence-electron chi connectivity index (χ4n) is 5.29. The number of fused-ring (bicyclic) bond motifs is 1. The fraction of sp³-hybridized carbons (Fsp3) is 0.226. The second-order valence-electron chi connectivity index (χ2n) is 10.4. The van der Waals surface area contributed by atoms with E-state index in [-0.39, 0.29) is 18.3 Å². The number of nitrogen functional groups attached to an aromatic ring is 1. The van der Waals surface area contributed by atoms with Crippen molar-refractivity contribution < 1.29 is 13.6 Å². The van der Waals surface area contributed by atoms with Gasteiger partial charge in [0.1, 0.15) is 17.5 Å². The summed E-state index contributed by atoms with van der Waals surface area (Å²) >= 11 is 0. The Morgan fingerprint density at radius 1 is 0.927 bits per heavy atom. The van der Waals surface area contributed by atoms with Crippen LogP contribution in [0, 0.1) is 11.6 Å². The first kappa shape index (κ1) is 26.5. The lowest BCUT2D eigenvalue weighted by Crippen LogP contribution is -2.44. The Bertz CT molecular complexity index is 1610. The first-order valence-corrected chi connectivity index (χ1v) is 13.4. The maximum atomic E-state index is 14.0. The van der Waals surface area contributed by atoms with Gasteiger partial charge in [0.05, 0.1) is 6.54 Å². The third-order valence-electron chi connectivity index (χ3n) is 7.52. The number of benzene rings is 3. The van der Waals surface area contributed by atoms with E-state index in [1.54, 1.807) is 12.4 Å². The van der Waals surface area contributed by atoms with E-state index in [0.29, 0.717) is 29.1 Å². The van der Waals surface area contributed by atoms with Crippen LogP contribution in [0.15, 0.2) is 72.0 Å². The molecule has 10 heteroatoms. The molecule has 2 aliphatic rings. The Morgan fingerprint density at radius 2 is 1.61 bits per heavy atom. The number of amidine groups is 1. The van der Waals surface area contributed by atoms with E-state index < -0.39 is 11.6 Å². The number of halogens is 2. The summed E-state index contributed by atoms with van der Waals surface area (Å²) in [6.07, 6.45) is 3.48. The van der Waals surface area contributed by atoms with Gasteiger partial charge in [0.15, 0.2) is 0 Å². The van der Waals surface area contributed by atoms with E-state index >= 15 is 0 Å². The topological polar surface area (TPSA) is 99.7 Å². The van der Waals surface area contributed by atoms with Gasteiger partial charge in [-0.15, -0.1) is 0 Å². The summed E-state index contributed by atoms with van der Waals surface area (Å²) in [6.45, 7) is 4.29. The molecule has 1 aromatic heterocycles. The summed E-state index contributed by atoms with van der Waals surface area (Å²) in [4.78, 5) is 30.6. The minimum Gasteiger partial charge on any atom is -0.369 e. The number of aliphatic imine (C=N–C) groups is 1. The second kappa shape index (κ2) is 11.1. The van der Waals surface area contributed by atoms with Gasteiger partial charge in [-0.3, -0.25) is 9.79 Å². The average Bonchev–Trinajstić information content (AvgIpc) is 3.34. The van der Waals surface area contributed by atoms with Crippen molar-refractivity contribution in [2.45, 2.75) is 13.0 Å². The van der Waals surface area contributed by atoms with Crippen molar-refractivity contribution in [1.29, 1.82) is 0 Å². The molecular formula is C31H29F2N7O. The smallest absolute Gasteiger partial charge is 0.256 e. The molecule has 1 saturated heterocycles. The quantitative estimate of drug-likeness (QED) is 0.387. The van der Waals surface area contributed by atoms with Crippen molar-refractivity contribution in [2.75, 3.05) is 43.9 Å². The van der Waals surface area contributed by atoms with Crippen LogP contribution in [0.3, 0.4) is 0 Å². The third kappa shape index (κ3) is 5.78. The summed E-state index contributed by atoms with van der Waals surface area (Å²) < 4.78 is 28.0. The summed E-state index contributed by atoms with van der Waals surface area (Å²) in [5, 5.41) is 2.96. The van der Waals surface area contributed by atoms with Crippen LogP contribution in [0.5, 0.6) is 0 Å². The van der Waals surface area contributed by atoms with Crippen molar-refractivity contribution in [2.24, 2.45) is 4.99 Å². The number of carbonyl (C=O) groups is 1. The molecule has 1 fully saturated rings. The van der Waals surface area contributed by atoms with E-state index in [4.69, 9.17) is 5.73 Å². The molecule has 0 aliphatic carbocycles. The Balaban J connectivity index is 1.26. The highest BCUT2D eigenvalue weighted by molar-refractivity contribution is 6.14. The molecule has 0 radical (unpaired) electrons. The molecule has 0 atom stereocenters. The Hall–Kier alpha value is -4.70. The summed E-state index contributed by atoms with van der Waals surface area (Å²) in [6, 6.07) is 14.9. The number of piperazine rings is 1. The second-order valence-corrected chi connectivity index (χ2v) is 10.4. The lowest BCUT2D eigenvalue weighted by atomic mass is 9.91. The van der Waals surface area contributed by atoms with Gasteiger partial charge in [-0.1, -0.05) is 0 Å². The molecule has 0 spiro atoms. The molecule has 208 valence electrons. The summed E-state index contributed by atoms with van der Waals surface area (Å²) in [7, 11) is 2.12. The first-order chi connectivity index (χ1) is 19.8. The number of amides is 1. The zero-order valence-electron chi connectivity index (χ0n) is 22.6. The minimum absolute atomic E-state index is 0.147. The number of hydrogen-bond acceptors (Lipinski definition) is 7. The highest BCUT2D eigenvalue weighted by Crippen LogP contribution is 2.32. The van der Waals surface area contributed by atoms with Crippen LogP contribution < -0.4 is 16.0 Å². The predicted octanol–water partition coefficient (Wildman–Crippen LogP) is 4.04. The number of rotatable bonds is 5. The van der Waals surface area contributed by atoms with Crippen molar-refractivity contribution in [3.63, 3.8) is 0 Å². The maximum Gasteiger partial charge on any atom is 0.256 e. The molecule has 41 heavy (non-hydrogen) atoms. The number of anilines is 2. The van der Waals surface area contributed by atoms with Crippen molar-refractivity contribution in [1.82, 2.24) is 20.2 Å². The number of likely N-dealkylation sites (N-methyl/N-ethyl adjacent to an activating group) is 1. The summed E-state index contributed by atoms with van der Waals surface area (Å²) in [5.41, 5.74) is 11.8. The lowest BCUT2D eigenvalue weighted by molar-refractivity contribution is 0.0977. The van der Waals surface area contributed by atoms with Crippen LogP contribution in [-0.4, -0.2) is 59.8 Å². The van der Waals surface area contributed by atoms with Crippen LogP contribution in [-0.2, 0) is 13.0 Å². The Kier molecular flexibility index (Phi) is 7.15. The van der Waals surface area contributed by atoms with E-state index in [0.717, 1.165) is 60.2 Å². The Labute approximate surface area is 236 Å². The van der Waals surface area contributed by atoms with Crippen LogP contribution in [0.2, 0.25) is 0 Å². The molecule has 2 aliphatic heterocycles. The van der Waals surface area contributed by atoms with Crippen LogP contribution in [0.1, 0.15) is 32.6 Å².